The molecule has 0 atom stereocenters. The maximum Gasteiger partial charge on any atom is 0.125 e. The van der Waals surface area contributed by atoms with E-state index in [1.165, 1.54) is 0 Å². The Morgan fingerprint density at radius 1 is 1.26 bits per heavy atom. The number of para-hydroxylation sites is 1. The Morgan fingerprint density at radius 3 is 2.47 bits per heavy atom. The van der Waals surface area contributed by atoms with Crippen LogP contribution in [-0.4, -0.2) is 11.7 Å². The van der Waals surface area contributed by atoms with E-state index >= 15 is 0 Å². The Kier molecular flexibility index (Phi) is 4.51. The first-order chi connectivity index (χ1) is 9.07. The van der Waals surface area contributed by atoms with Gasteiger partial charge in [-0.1, -0.05) is 32.0 Å². The lowest BCUT2D eigenvalue weighted by molar-refractivity contribution is -0.0219. The summed E-state index contributed by atoms with van der Waals surface area (Å²) in [6, 6.07) is 7.94. The first-order valence-electron chi connectivity index (χ1n) is 7.51. The molecule has 1 saturated carbocycles. The molecular formula is C17H26O2. The number of hydrogen-bond donors (Lipinski definition) is 1. The van der Waals surface area contributed by atoms with Gasteiger partial charge >= 0.3 is 0 Å². The quantitative estimate of drug-likeness (QED) is 0.884. The molecule has 2 rings (SSSR count). The standard InChI is InChI=1S/C17H26O2/c1-4-19-16-8-6-5-7-15(16)17(18)11-9-14(10-12-17)13(2)3/h5-8,13-14,18H,4,9-12H2,1-3H3. The van der Waals surface area contributed by atoms with Crippen molar-refractivity contribution in [2.45, 2.75) is 52.1 Å². The van der Waals surface area contributed by atoms with Crippen LogP contribution in [0.3, 0.4) is 0 Å². The van der Waals surface area contributed by atoms with E-state index in [9.17, 15) is 5.11 Å². The van der Waals surface area contributed by atoms with Crippen LogP contribution in [0.1, 0.15) is 52.0 Å². The van der Waals surface area contributed by atoms with Crippen LogP contribution in [0.15, 0.2) is 24.3 Å². The summed E-state index contributed by atoms with van der Waals surface area (Å²) in [5, 5.41) is 11.0. The summed E-state index contributed by atoms with van der Waals surface area (Å²) in [4.78, 5) is 0. The molecule has 0 aromatic heterocycles. The van der Waals surface area contributed by atoms with Crippen LogP contribution in [0.25, 0.3) is 0 Å². The molecule has 0 bridgehead atoms. The molecule has 19 heavy (non-hydrogen) atoms. The van der Waals surface area contributed by atoms with Gasteiger partial charge in [0.25, 0.3) is 0 Å². The molecule has 1 aromatic carbocycles. The first-order valence-corrected chi connectivity index (χ1v) is 7.51. The maximum atomic E-state index is 11.0. The van der Waals surface area contributed by atoms with E-state index in [1.54, 1.807) is 0 Å². The molecule has 0 unspecified atom stereocenters. The van der Waals surface area contributed by atoms with Crippen molar-refractivity contribution in [2.75, 3.05) is 6.61 Å². The Labute approximate surface area is 116 Å². The Hall–Kier alpha value is -1.02. The van der Waals surface area contributed by atoms with Gasteiger partial charge in [-0.25, -0.2) is 0 Å². The molecule has 1 aliphatic rings. The highest BCUT2D eigenvalue weighted by atomic mass is 16.5. The highest BCUT2D eigenvalue weighted by Crippen LogP contribution is 2.44. The summed E-state index contributed by atoms with van der Waals surface area (Å²) in [6.07, 6.45) is 3.91. The summed E-state index contributed by atoms with van der Waals surface area (Å²) < 4.78 is 5.67. The zero-order chi connectivity index (χ0) is 13.9. The van der Waals surface area contributed by atoms with Crippen LogP contribution >= 0.6 is 0 Å². The molecule has 2 heteroatoms. The van der Waals surface area contributed by atoms with Crippen LogP contribution in [0.2, 0.25) is 0 Å². The van der Waals surface area contributed by atoms with Crippen LogP contribution < -0.4 is 4.74 Å². The van der Waals surface area contributed by atoms with Crippen LogP contribution in [0.4, 0.5) is 0 Å². The summed E-state index contributed by atoms with van der Waals surface area (Å²) in [5.41, 5.74) is 0.274. The third-order valence-electron chi connectivity index (χ3n) is 4.49. The minimum absolute atomic E-state index is 0.641. The minimum Gasteiger partial charge on any atom is -0.493 e. The molecule has 2 nitrogen and oxygen atoms in total. The van der Waals surface area contributed by atoms with Crippen LogP contribution in [0, 0.1) is 11.8 Å². The molecule has 0 spiro atoms. The van der Waals surface area contributed by atoms with Crippen LogP contribution in [-0.2, 0) is 5.60 Å². The molecule has 1 N–H and O–H groups in total. The van der Waals surface area contributed by atoms with E-state index in [2.05, 4.69) is 13.8 Å². The number of aliphatic hydroxyl groups is 1. The predicted octanol–water partition coefficient (Wildman–Crippen LogP) is 4.12. The second kappa shape index (κ2) is 5.96. The lowest BCUT2D eigenvalue weighted by atomic mass is 9.72. The van der Waals surface area contributed by atoms with E-state index < -0.39 is 5.60 Å². The summed E-state index contributed by atoms with van der Waals surface area (Å²) >= 11 is 0. The van der Waals surface area contributed by atoms with E-state index in [-0.39, 0.29) is 0 Å². The smallest absolute Gasteiger partial charge is 0.125 e. The number of hydrogen-bond acceptors (Lipinski definition) is 2. The summed E-state index contributed by atoms with van der Waals surface area (Å²) in [6.45, 7) is 7.19. The third kappa shape index (κ3) is 3.11. The van der Waals surface area contributed by atoms with Crippen molar-refractivity contribution in [1.82, 2.24) is 0 Å². The monoisotopic (exact) mass is 262 g/mol. The zero-order valence-electron chi connectivity index (χ0n) is 12.4. The van der Waals surface area contributed by atoms with Gasteiger partial charge in [0.05, 0.1) is 12.2 Å². The average molecular weight is 262 g/mol. The molecule has 0 aliphatic heterocycles. The summed E-state index contributed by atoms with van der Waals surface area (Å²) in [7, 11) is 0. The fraction of sp³-hybridized carbons (Fsp3) is 0.647. The zero-order valence-corrected chi connectivity index (χ0v) is 12.4. The van der Waals surface area contributed by atoms with Gasteiger partial charge in [-0.05, 0) is 50.5 Å². The highest BCUT2D eigenvalue weighted by Gasteiger charge is 2.37. The fourth-order valence-corrected chi connectivity index (χ4v) is 3.19. The molecule has 106 valence electrons. The summed E-state index contributed by atoms with van der Waals surface area (Å²) in [5.74, 6) is 2.31. The van der Waals surface area contributed by atoms with E-state index in [0.717, 1.165) is 42.9 Å². The molecule has 1 fully saturated rings. The molecule has 0 amide bonds. The topological polar surface area (TPSA) is 29.5 Å². The van der Waals surface area contributed by atoms with Crippen molar-refractivity contribution in [2.24, 2.45) is 11.8 Å². The second-order valence-electron chi connectivity index (χ2n) is 6.04. The van der Waals surface area contributed by atoms with E-state index in [1.807, 2.05) is 31.2 Å². The van der Waals surface area contributed by atoms with Crippen molar-refractivity contribution in [3.05, 3.63) is 29.8 Å². The van der Waals surface area contributed by atoms with Gasteiger partial charge in [0, 0.05) is 5.56 Å². The highest BCUT2D eigenvalue weighted by molar-refractivity contribution is 5.38. The largest absolute Gasteiger partial charge is 0.493 e. The third-order valence-corrected chi connectivity index (χ3v) is 4.49. The molecule has 1 aromatic rings. The Morgan fingerprint density at radius 2 is 1.89 bits per heavy atom. The van der Waals surface area contributed by atoms with Crippen molar-refractivity contribution in [3.63, 3.8) is 0 Å². The van der Waals surface area contributed by atoms with Gasteiger partial charge in [0.15, 0.2) is 0 Å². The van der Waals surface area contributed by atoms with Gasteiger partial charge < -0.3 is 9.84 Å². The average Bonchev–Trinajstić information content (AvgIpc) is 2.40. The maximum absolute atomic E-state index is 11.0. The Bertz CT molecular complexity index is 403. The van der Waals surface area contributed by atoms with Crippen molar-refractivity contribution in [3.8, 4) is 5.75 Å². The number of benzene rings is 1. The molecule has 0 saturated heterocycles. The normalized spacial score (nSPS) is 27.5. The number of rotatable bonds is 4. The van der Waals surface area contributed by atoms with Crippen molar-refractivity contribution < 1.29 is 9.84 Å². The van der Waals surface area contributed by atoms with E-state index in [4.69, 9.17) is 4.74 Å². The lowest BCUT2D eigenvalue weighted by Crippen LogP contribution is -2.33. The Balaban J connectivity index is 2.17. The molecular weight excluding hydrogens is 236 g/mol. The molecule has 0 radical (unpaired) electrons. The number of ether oxygens (including phenoxy) is 1. The van der Waals surface area contributed by atoms with Crippen molar-refractivity contribution in [1.29, 1.82) is 0 Å². The minimum atomic E-state index is -0.697. The van der Waals surface area contributed by atoms with Gasteiger partial charge in [0.2, 0.25) is 0 Å². The first kappa shape index (κ1) is 14.4. The molecule has 1 aliphatic carbocycles. The second-order valence-corrected chi connectivity index (χ2v) is 6.04. The van der Waals surface area contributed by atoms with Crippen molar-refractivity contribution >= 4 is 0 Å². The van der Waals surface area contributed by atoms with E-state index in [0.29, 0.717) is 12.5 Å². The van der Waals surface area contributed by atoms with Crippen LogP contribution in [0.5, 0.6) is 5.75 Å². The SMILES string of the molecule is CCOc1ccccc1C1(O)CCC(C(C)C)CC1. The molecule has 0 heterocycles. The fourth-order valence-electron chi connectivity index (χ4n) is 3.19. The predicted molar refractivity (Wildman–Crippen MR) is 78.3 cm³/mol. The van der Waals surface area contributed by atoms with Gasteiger partial charge in [-0.15, -0.1) is 0 Å². The van der Waals surface area contributed by atoms with Gasteiger partial charge in [-0.3, -0.25) is 0 Å². The van der Waals surface area contributed by atoms with Gasteiger partial charge in [-0.2, -0.15) is 0 Å². The van der Waals surface area contributed by atoms with Gasteiger partial charge in [0.1, 0.15) is 5.75 Å². The lowest BCUT2D eigenvalue weighted by Gasteiger charge is -2.38.